The number of alkyl halides is 2. The summed E-state index contributed by atoms with van der Waals surface area (Å²) in [5.41, 5.74) is -0.271. The van der Waals surface area contributed by atoms with E-state index < -0.39 is 21.6 Å². The number of aromatic nitrogens is 1. The molecule has 0 saturated carbocycles. The molecule has 3 saturated heterocycles. The van der Waals surface area contributed by atoms with Gasteiger partial charge in [-0.15, -0.1) is 0 Å². The molecule has 0 radical (unpaired) electrons. The minimum absolute atomic E-state index is 0.0167. The second kappa shape index (κ2) is 6.68. The van der Waals surface area contributed by atoms with Gasteiger partial charge in [0.2, 0.25) is 10.0 Å². The van der Waals surface area contributed by atoms with Gasteiger partial charge in [0.1, 0.15) is 10.6 Å². The van der Waals surface area contributed by atoms with E-state index in [1.165, 1.54) is 17.3 Å². The molecule has 9 heteroatoms. The molecule has 0 bridgehead atoms. The van der Waals surface area contributed by atoms with Crippen LogP contribution in [0.25, 0.3) is 0 Å². The Kier molecular flexibility index (Phi) is 4.80. The van der Waals surface area contributed by atoms with E-state index in [0.29, 0.717) is 25.0 Å². The van der Waals surface area contributed by atoms with Crippen molar-refractivity contribution in [2.24, 2.45) is 11.3 Å². The van der Waals surface area contributed by atoms with Crippen LogP contribution in [0.4, 0.5) is 8.78 Å². The van der Waals surface area contributed by atoms with Gasteiger partial charge in [-0.05, 0) is 38.3 Å². The van der Waals surface area contributed by atoms with E-state index >= 15 is 0 Å². The Morgan fingerprint density at radius 1 is 1.29 bits per heavy atom. The molecule has 28 heavy (non-hydrogen) atoms. The van der Waals surface area contributed by atoms with Crippen molar-refractivity contribution in [3.8, 4) is 0 Å². The molecular weight excluding hydrogens is 388 g/mol. The van der Waals surface area contributed by atoms with Gasteiger partial charge in [-0.2, -0.15) is 13.1 Å². The molecule has 0 aromatic carbocycles. The summed E-state index contributed by atoms with van der Waals surface area (Å²) in [7, 11) is -3.71. The molecule has 0 amide bonds. The fourth-order valence-electron chi connectivity index (χ4n) is 4.61. The van der Waals surface area contributed by atoms with Gasteiger partial charge >= 0.3 is 0 Å². The highest BCUT2D eigenvalue weighted by atomic mass is 32.2. The lowest BCUT2D eigenvalue weighted by Gasteiger charge is -2.61. The highest BCUT2D eigenvalue weighted by Gasteiger charge is 2.56. The Hall–Kier alpha value is -1.16. The molecule has 3 aliphatic heterocycles. The molecule has 4 rings (SSSR count). The Morgan fingerprint density at radius 3 is 2.50 bits per heavy atom. The first-order valence-corrected chi connectivity index (χ1v) is 11.1. The van der Waals surface area contributed by atoms with Crippen molar-refractivity contribution < 1.29 is 21.9 Å². The Morgan fingerprint density at radius 2 is 1.96 bits per heavy atom. The molecular formula is C19H27F2N3O3S. The van der Waals surface area contributed by atoms with Gasteiger partial charge < -0.3 is 4.74 Å². The molecule has 3 aliphatic rings. The van der Waals surface area contributed by atoms with Crippen LogP contribution in [-0.4, -0.2) is 68.0 Å². The summed E-state index contributed by atoms with van der Waals surface area (Å²) in [6, 6.07) is 2.81. The van der Waals surface area contributed by atoms with Gasteiger partial charge in [0.05, 0.1) is 12.3 Å². The number of rotatable bonds is 5. The number of likely N-dealkylation sites (tertiary alicyclic amines) is 1. The van der Waals surface area contributed by atoms with Crippen molar-refractivity contribution in [1.29, 1.82) is 0 Å². The number of aryl methyl sites for hydroxylation is 1. The maximum Gasteiger partial charge on any atom is 0.286 e. The van der Waals surface area contributed by atoms with E-state index in [2.05, 4.69) is 16.8 Å². The average Bonchev–Trinajstić information content (AvgIpc) is 3.04. The van der Waals surface area contributed by atoms with Crippen LogP contribution in [0.5, 0.6) is 0 Å². The smallest absolute Gasteiger partial charge is 0.286 e. The first kappa shape index (κ1) is 20.1. The zero-order valence-corrected chi connectivity index (χ0v) is 17.3. The molecule has 0 unspecified atom stereocenters. The molecule has 156 valence electrons. The van der Waals surface area contributed by atoms with E-state index in [1.807, 2.05) is 0 Å². The summed E-state index contributed by atoms with van der Waals surface area (Å²) in [4.78, 5) is 6.25. The SMILES string of the molecule is Cc1nc(C(C)(F)F)ccc1S(=O)(=O)N1CC2(CN([C@@H](C)[C@@H]3CCOC3)C2)C1. The number of nitrogens with zero attached hydrogens (tertiary/aromatic N) is 3. The molecule has 1 spiro atoms. The normalized spacial score (nSPS) is 26.8. The maximum absolute atomic E-state index is 13.4. The largest absolute Gasteiger partial charge is 0.381 e. The monoisotopic (exact) mass is 415 g/mol. The zero-order chi connectivity index (χ0) is 20.3. The Bertz CT molecular complexity index is 852. The molecule has 1 aromatic heterocycles. The predicted molar refractivity (Wildman–Crippen MR) is 99.7 cm³/mol. The van der Waals surface area contributed by atoms with Crippen LogP contribution in [0.15, 0.2) is 17.0 Å². The first-order chi connectivity index (χ1) is 13.0. The Balaban J connectivity index is 1.39. The van der Waals surface area contributed by atoms with Crippen molar-refractivity contribution in [2.75, 3.05) is 39.4 Å². The second-order valence-corrected chi connectivity index (χ2v) is 10.6. The van der Waals surface area contributed by atoms with Gasteiger partial charge in [0, 0.05) is 51.2 Å². The third-order valence-corrected chi connectivity index (χ3v) is 8.35. The van der Waals surface area contributed by atoms with Gasteiger partial charge in [0.15, 0.2) is 0 Å². The molecule has 1 aromatic rings. The van der Waals surface area contributed by atoms with Gasteiger partial charge in [-0.3, -0.25) is 9.88 Å². The highest BCUT2D eigenvalue weighted by Crippen LogP contribution is 2.44. The summed E-state index contributed by atoms with van der Waals surface area (Å²) in [5, 5.41) is 0. The lowest BCUT2D eigenvalue weighted by molar-refractivity contribution is -0.106. The number of pyridine rings is 1. The van der Waals surface area contributed by atoms with E-state index in [9.17, 15) is 17.2 Å². The Labute approximate surface area is 164 Å². The number of hydrogen-bond acceptors (Lipinski definition) is 5. The molecule has 0 aliphatic carbocycles. The van der Waals surface area contributed by atoms with E-state index in [-0.39, 0.29) is 16.0 Å². The van der Waals surface area contributed by atoms with Crippen LogP contribution >= 0.6 is 0 Å². The van der Waals surface area contributed by atoms with Crippen molar-refractivity contribution >= 4 is 10.0 Å². The van der Waals surface area contributed by atoms with Crippen LogP contribution in [0.1, 0.15) is 31.7 Å². The van der Waals surface area contributed by atoms with Crippen LogP contribution < -0.4 is 0 Å². The van der Waals surface area contributed by atoms with Gasteiger partial charge in [-0.25, -0.2) is 8.42 Å². The highest BCUT2D eigenvalue weighted by molar-refractivity contribution is 7.89. The molecule has 6 nitrogen and oxygen atoms in total. The first-order valence-electron chi connectivity index (χ1n) is 9.70. The summed E-state index contributed by atoms with van der Waals surface area (Å²) in [5.74, 6) is -2.54. The topological polar surface area (TPSA) is 62.7 Å². The molecule has 2 atom stereocenters. The van der Waals surface area contributed by atoms with E-state index in [0.717, 1.165) is 45.7 Å². The summed E-state index contributed by atoms with van der Waals surface area (Å²) < 4.78 is 59.6. The minimum atomic E-state index is -3.71. The zero-order valence-electron chi connectivity index (χ0n) is 16.5. The maximum atomic E-state index is 13.4. The fourth-order valence-corrected chi connectivity index (χ4v) is 6.44. The van der Waals surface area contributed by atoms with Crippen molar-refractivity contribution in [2.45, 2.75) is 44.1 Å². The van der Waals surface area contributed by atoms with Crippen molar-refractivity contribution in [3.63, 3.8) is 0 Å². The molecule has 0 N–H and O–H groups in total. The number of hydrogen-bond donors (Lipinski definition) is 0. The third kappa shape index (κ3) is 3.36. The number of sulfonamides is 1. The van der Waals surface area contributed by atoms with Crippen LogP contribution in [0.2, 0.25) is 0 Å². The molecule has 4 heterocycles. The van der Waals surface area contributed by atoms with E-state index in [4.69, 9.17) is 4.74 Å². The quantitative estimate of drug-likeness (QED) is 0.738. The van der Waals surface area contributed by atoms with Gasteiger partial charge in [-0.1, -0.05) is 0 Å². The summed E-state index contributed by atoms with van der Waals surface area (Å²) >= 11 is 0. The predicted octanol–water partition coefficient (Wildman–Crippen LogP) is 2.23. The average molecular weight is 416 g/mol. The lowest BCUT2D eigenvalue weighted by Crippen LogP contribution is -2.74. The van der Waals surface area contributed by atoms with Crippen LogP contribution in [0, 0.1) is 18.3 Å². The fraction of sp³-hybridized carbons (Fsp3) is 0.737. The third-order valence-electron chi connectivity index (χ3n) is 6.43. The molecule has 3 fully saturated rings. The standard InChI is InChI=1S/C19H27F2N3O3S/c1-13-16(4-5-17(22-13)18(3,20)21)28(25,26)24-11-19(12-24)9-23(10-19)14(2)15-6-7-27-8-15/h4-5,14-15H,6-12H2,1-3H3/t14-,15+/m0/s1. The number of halogens is 2. The van der Waals surface area contributed by atoms with Crippen molar-refractivity contribution in [1.82, 2.24) is 14.2 Å². The second-order valence-electron chi connectivity index (χ2n) is 8.71. The summed E-state index contributed by atoms with van der Waals surface area (Å²) in [6.45, 7) is 8.83. The van der Waals surface area contributed by atoms with Crippen molar-refractivity contribution in [3.05, 3.63) is 23.5 Å². The van der Waals surface area contributed by atoms with Gasteiger partial charge in [0.25, 0.3) is 5.92 Å². The summed E-state index contributed by atoms with van der Waals surface area (Å²) in [6.07, 6.45) is 1.09. The van der Waals surface area contributed by atoms with Crippen LogP contribution in [-0.2, 0) is 20.7 Å². The minimum Gasteiger partial charge on any atom is -0.381 e. The van der Waals surface area contributed by atoms with E-state index in [1.54, 1.807) is 0 Å². The number of ether oxygens (including phenoxy) is 1. The lowest BCUT2D eigenvalue weighted by atomic mass is 9.73. The van der Waals surface area contributed by atoms with Crippen LogP contribution in [0.3, 0.4) is 0 Å².